The maximum absolute atomic E-state index is 12.2. The van der Waals surface area contributed by atoms with E-state index < -0.39 is 0 Å². The largest absolute Gasteiger partial charge is 0.384 e. The third kappa shape index (κ3) is 2.95. The Balaban J connectivity index is 2.02. The number of piperidine rings is 1. The zero-order valence-corrected chi connectivity index (χ0v) is 10.5. The summed E-state index contributed by atoms with van der Waals surface area (Å²) in [5.74, 6) is 0.653. The van der Waals surface area contributed by atoms with Crippen molar-refractivity contribution in [2.24, 2.45) is 5.92 Å². The quantitative estimate of drug-likeness (QED) is 0.847. The molecule has 0 radical (unpaired) electrons. The van der Waals surface area contributed by atoms with Gasteiger partial charge in [-0.2, -0.15) is 0 Å². The van der Waals surface area contributed by atoms with Crippen molar-refractivity contribution in [1.82, 2.24) is 15.1 Å². The maximum atomic E-state index is 12.2. The van der Waals surface area contributed by atoms with E-state index >= 15 is 0 Å². The molecule has 1 atom stereocenters. The number of rotatable bonds is 3. The standard InChI is InChI=1S/C12H18N4O2/c1-18-8-9-3-2-6-16(7-9)12(17)10-4-5-11(13)15-14-10/h4-5,9H,2-3,6-8H2,1H3,(H2,13,15). The number of anilines is 1. The minimum Gasteiger partial charge on any atom is -0.384 e. The van der Waals surface area contributed by atoms with Gasteiger partial charge in [0.05, 0.1) is 6.61 Å². The molecule has 2 heterocycles. The van der Waals surface area contributed by atoms with Gasteiger partial charge in [0.2, 0.25) is 0 Å². The van der Waals surface area contributed by atoms with E-state index in [2.05, 4.69) is 10.2 Å². The van der Waals surface area contributed by atoms with E-state index in [0.717, 1.165) is 25.9 Å². The first-order chi connectivity index (χ1) is 8.70. The molecule has 1 aromatic rings. The molecule has 6 heteroatoms. The first-order valence-electron chi connectivity index (χ1n) is 6.08. The summed E-state index contributed by atoms with van der Waals surface area (Å²) in [7, 11) is 1.69. The van der Waals surface area contributed by atoms with Gasteiger partial charge in [0.15, 0.2) is 5.69 Å². The number of nitrogens with zero attached hydrogens (tertiary/aromatic N) is 3. The summed E-state index contributed by atoms with van der Waals surface area (Å²) in [6, 6.07) is 3.21. The van der Waals surface area contributed by atoms with Crippen LogP contribution < -0.4 is 5.73 Å². The molecule has 0 bridgehead atoms. The number of amides is 1. The molecule has 1 amide bonds. The summed E-state index contributed by atoms with van der Waals surface area (Å²) in [6.07, 6.45) is 2.10. The Bertz CT molecular complexity index is 405. The van der Waals surface area contributed by atoms with Gasteiger partial charge in [0.1, 0.15) is 5.82 Å². The van der Waals surface area contributed by atoms with Crippen molar-refractivity contribution in [2.45, 2.75) is 12.8 Å². The number of nitrogen functional groups attached to an aromatic ring is 1. The third-order valence-electron chi connectivity index (χ3n) is 3.11. The molecule has 1 aliphatic rings. The molecule has 2 N–H and O–H groups in total. The highest BCUT2D eigenvalue weighted by Crippen LogP contribution is 2.18. The van der Waals surface area contributed by atoms with Crippen LogP contribution >= 0.6 is 0 Å². The highest BCUT2D eigenvalue weighted by atomic mass is 16.5. The number of ether oxygens (including phenoxy) is 1. The SMILES string of the molecule is COCC1CCCN(C(=O)c2ccc(N)nn2)C1. The molecule has 0 aromatic carbocycles. The zero-order valence-electron chi connectivity index (χ0n) is 10.5. The molecule has 98 valence electrons. The fourth-order valence-electron chi connectivity index (χ4n) is 2.24. The van der Waals surface area contributed by atoms with Crippen molar-refractivity contribution in [3.8, 4) is 0 Å². The molecule has 18 heavy (non-hydrogen) atoms. The molecule has 0 aliphatic carbocycles. The van der Waals surface area contributed by atoms with Gasteiger partial charge in [-0.15, -0.1) is 10.2 Å². The van der Waals surface area contributed by atoms with Crippen LogP contribution in [0.15, 0.2) is 12.1 Å². The normalized spacial score (nSPS) is 19.8. The molecule has 1 unspecified atom stereocenters. The average Bonchev–Trinajstić information content (AvgIpc) is 2.39. The molecule has 6 nitrogen and oxygen atoms in total. The number of likely N-dealkylation sites (tertiary alicyclic amines) is 1. The van der Waals surface area contributed by atoms with E-state index in [1.165, 1.54) is 0 Å². The number of hydrogen-bond acceptors (Lipinski definition) is 5. The van der Waals surface area contributed by atoms with Gasteiger partial charge in [-0.05, 0) is 30.9 Å². The van der Waals surface area contributed by atoms with Crippen LogP contribution in [-0.4, -0.2) is 47.8 Å². The fourth-order valence-corrected chi connectivity index (χ4v) is 2.24. The highest BCUT2D eigenvalue weighted by molar-refractivity contribution is 5.92. The monoisotopic (exact) mass is 250 g/mol. The molecule has 1 aromatic heterocycles. The van der Waals surface area contributed by atoms with Gasteiger partial charge in [0.25, 0.3) is 5.91 Å². The maximum Gasteiger partial charge on any atom is 0.274 e. The second-order valence-corrected chi connectivity index (χ2v) is 4.56. The number of methoxy groups -OCH3 is 1. The predicted molar refractivity (Wildman–Crippen MR) is 66.9 cm³/mol. The summed E-state index contributed by atoms with van der Waals surface area (Å²) < 4.78 is 5.15. The summed E-state index contributed by atoms with van der Waals surface area (Å²) >= 11 is 0. The van der Waals surface area contributed by atoms with Crippen molar-refractivity contribution in [3.05, 3.63) is 17.8 Å². The van der Waals surface area contributed by atoms with Gasteiger partial charge in [-0.3, -0.25) is 4.79 Å². The Hall–Kier alpha value is -1.69. The van der Waals surface area contributed by atoms with Crippen LogP contribution in [0, 0.1) is 5.92 Å². The van der Waals surface area contributed by atoms with Crippen molar-refractivity contribution in [3.63, 3.8) is 0 Å². The topological polar surface area (TPSA) is 81.3 Å². The smallest absolute Gasteiger partial charge is 0.274 e. The minimum absolute atomic E-state index is 0.0803. The molecular weight excluding hydrogens is 232 g/mol. The lowest BCUT2D eigenvalue weighted by atomic mass is 9.99. The summed E-state index contributed by atoms with van der Waals surface area (Å²) in [4.78, 5) is 14.0. The second kappa shape index (κ2) is 5.77. The lowest BCUT2D eigenvalue weighted by molar-refractivity contribution is 0.0564. The van der Waals surface area contributed by atoms with Crippen molar-refractivity contribution < 1.29 is 9.53 Å². The third-order valence-corrected chi connectivity index (χ3v) is 3.11. The first-order valence-corrected chi connectivity index (χ1v) is 6.08. The highest BCUT2D eigenvalue weighted by Gasteiger charge is 2.25. The molecule has 0 saturated carbocycles. The van der Waals surface area contributed by atoms with E-state index in [-0.39, 0.29) is 5.91 Å². The van der Waals surface area contributed by atoms with Crippen molar-refractivity contribution in [1.29, 1.82) is 0 Å². The van der Waals surface area contributed by atoms with Crippen molar-refractivity contribution >= 4 is 11.7 Å². The number of carbonyl (C=O) groups is 1. The van der Waals surface area contributed by atoms with E-state index in [1.54, 1.807) is 19.2 Å². The molecular formula is C12H18N4O2. The molecule has 1 fully saturated rings. The van der Waals surface area contributed by atoms with Crippen LogP contribution in [0.25, 0.3) is 0 Å². The molecule has 0 spiro atoms. The van der Waals surface area contributed by atoms with Crippen molar-refractivity contribution in [2.75, 3.05) is 32.5 Å². The average molecular weight is 250 g/mol. The van der Waals surface area contributed by atoms with E-state index in [0.29, 0.717) is 24.0 Å². The van der Waals surface area contributed by atoms with E-state index in [9.17, 15) is 4.79 Å². The van der Waals surface area contributed by atoms with E-state index in [1.807, 2.05) is 4.90 Å². The van der Waals surface area contributed by atoms with Crippen LogP contribution in [0.1, 0.15) is 23.3 Å². The molecule has 2 rings (SSSR count). The Kier molecular flexibility index (Phi) is 4.09. The Labute approximate surface area is 106 Å². The summed E-state index contributed by atoms with van der Waals surface area (Å²) in [6.45, 7) is 2.18. The fraction of sp³-hybridized carbons (Fsp3) is 0.583. The Morgan fingerprint density at radius 1 is 1.56 bits per heavy atom. The Morgan fingerprint density at radius 2 is 2.39 bits per heavy atom. The second-order valence-electron chi connectivity index (χ2n) is 4.56. The van der Waals surface area contributed by atoms with Gasteiger partial charge in [0, 0.05) is 20.2 Å². The number of aromatic nitrogens is 2. The first kappa shape index (κ1) is 12.8. The van der Waals surface area contributed by atoms with E-state index in [4.69, 9.17) is 10.5 Å². The summed E-state index contributed by atoms with van der Waals surface area (Å²) in [5.41, 5.74) is 5.80. The minimum atomic E-state index is -0.0803. The van der Waals surface area contributed by atoms with Gasteiger partial charge in [-0.25, -0.2) is 0 Å². The predicted octanol–water partition coefficient (Wildman–Crippen LogP) is 0.557. The van der Waals surface area contributed by atoms with Crippen LogP contribution in [-0.2, 0) is 4.74 Å². The van der Waals surface area contributed by atoms with Crippen LogP contribution in [0.4, 0.5) is 5.82 Å². The van der Waals surface area contributed by atoms with Crippen LogP contribution in [0.5, 0.6) is 0 Å². The van der Waals surface area contributed by atoms with Gasteiger partial charge < -0.3 is 15.4 Å². The lowest BCUT2D eigenvalue weighted by Gasteiger charge is -2.32. The molecule has 1 saturated heterocycles. The van der Waals surface area contributed by atoms with Gasteiger partial charge >= 0.3 is 0 Å². The summed E-state index contributed by atoms with van der Waals surface area (Å²) in [5, 5.41) is 7.53. The number of nitrogens with two attached hydrogens (primary N) is 1. The van der Waals surface area contributed by atoms with Crippen LogP contribution in [0.2, 0.25) is 0 Å². The molecule has 1 aliphatic heterocycles. The zero-order chi connectivity index (χ0) is 13.0. The number of carbonyl (C=O) groups excluding carboxylic acids is 1. The van der Waals surface area contributed by atoms with Crippen LogP contribution in [0.3, 0.4) is 0 Å². The lowest BCUT2D eigenvalue weighted by Crippen LogP contribution is -2.41. The number of hydrogen-bond donors (Lipinski definition) is 1. The Morgan fingerprint density at radius 3 is 3.06 bits per heavy atom. The van der Waals surface area contributed by atoms with Gasteiger partial charge in [-0.1, -0.05) is 0 Å².